The van der Waals surface area contributed by atoms with Gasteiger partial charge in [-0.15, -0.1) is 0 Å². The van der Waals surface area contributed by atoms with E-state index in [4.69, 9.17) is 0 Å². The molecule has 2 heterocycles. The molecule has 1 aromatic heterocycles. The number of nitrogens with zero attached hydrogens (tertiary/aromatic N) is 2. The van der Waals surface area contributed by atoms with Crippen LogP contribution >= 0.6 is 0 Å². The second-order valence-electron chi connectivity index (χ2n) is 6.44. The van der Waals surface area contributed by atoms with Gasteiger partial charge in [-0.1, -0.05) is 31.0 Å². The van der Waals surface area contributed by atoms with Gasteiger partial charge in [-0.05, 0) is 49.6 Å². The van der Waals surface area contributed by atoms with E-state index < -0.39 is 0 Å². The van der Waals surface area contributed by atoms with Crippen LogP contribution in [0.2, 0.25) is 0 Å². The summed E-state index contributed by atoms with van der Waals surface area (Å²) in [5.41, 5.74) is 2.37. The molecule has 0 saturated carbocycles. The highest BCUT2D eigenvalue weighted by Gasteiger charge is 2.19. The van der Waals surface area contributed by atoms with Gasteiger partial charge < -0.3 is 10.2 Å². The summed E-state index contributed by atoms with van der Waals surface area (Å²) >= 11 is 0. The third kappa shape index (κ3) is 4.44. The molecule has 0 atom stereocenters. The number of likely N-dealkylation sites (tertiary alicyclic amines) is 1. The maximum Gasteiger partial charge on any atom is 0.274 e. The van der Waals surface area contributed by atoms with Crippen molar-refractivity contribution in [1.29, 1.82) is 0 Å². The number of amides is 2. The van der Waals surface area contributed by atoms with E-state index in [9.17, 15) is 9.59 Å². The highest BCUT2D eigenvalue weighted by molar-refractivity contribution is 6.03. The second-order valence-corrected chi connectivity index (χ2v) is 6.44. The zero-order valence-corrected chi connectivity index (χ0v) is 14.5. The molecule has 1 N–H and O–H groups in total. The Labute approximate surface area is 148 Å². The number of pyridine rings is 1. The average Bonchev–Trinajstić information content (AvgIpc) is 2.90. The lowest BCUT2D eigenvalue weighted by molar-refractivity contribution is 0.0755. The molecular weight excluding hydrogens is 314 g/mol. The van der Waals surface area contributed by atoms with Crippen molar-refractivity contribution < 1.29 is 9.59 Å². The Kier molecular flexibility index (Phi) is 5.43. The van der Waals surface area contributed by atoms with Crippen LogP contribution in [-0.4, -0.2) is 34.8 Å². The Morgan fingerprint density at radius 3 is 2.36 bits per heavy atom. The predicted molar refractivity (Wildman–Crippen MR) is 97.7 cm³/mol. The number of carbonyl (C=O) groups is 2. The fourth-order valence-electron chi connectivity index (χ4n) is 3.03. The normalized spacial score (nSPS) is 14.7. The number of nitrogens with one attached hydrogen (secondary N) is 1. The lowest BCUT2D eigenvalue weighted by atomic mass is 10.2. The lowest BCUT2D eigenvalue weighted by Crippen LogP contribution is -2.32. The number of rotatable bonds is 3. The minimum atomic E-state index is -0.309. The zero-order valence-electron chi connectivity index (χ0n) is 14.5. The van der Waals surface area contributed by atoms with Crippen LogP contribution in [0.5, 0.6) is 0 Å². The SMILES string of the molecule is Cc1cccc(NC(=O)c2cccc(C(=O)N3CCCCCC3)n2)c1. The van der Waals surface area contributed by atoms with Crippen LogP contribution in [0.4, 0.5) is 5.69 Å². The predicted octanol–water partition coefficient (Wildman–Crippen LogP) is 3.66. The van der Waals surface area contributed by atoms with E-state index >= 15 is 0 Å². The van der Waals surface area contributed by atoms with Gasteiger partial charge in [0.2, 0.25) is 0 Å². The Balaban J connectivity index is 1.74. The molecular formula is C20H23N3O2. The zero-order chi connectivity index (χ0) is 17.6. The maximum absolute atomic E-state index is 12.7. The van der Waals surface area contributed by atoms with Crippen LogP contribution < -0.4 is 5.32 Å². The molecule has 2 amide bonds. The maximum atomic E-state index is 12.7. The number of anilines is 1. The summed E-state index contributed by atoms with van der Waals surface area (Å²) in [6.07, 6.45) is 4.38. The first kappa shape index (κ1) is 17.1. The van der Waals surface area contributed by atoms with Crippen LogP contribution in [0.1, 0.15) is 52.2 Å². The molecule has 1 saturated heterocycles. The summed E-state index contributed by atoms with van der Waals surface area (Å²) in [4.78, 5) is 31.2. The van der Waals surface area contributed by atoms with Crippen molar-refractivity contribution in [3.8, 4) is 0 Å². The van der Waals surface area contributed by atoms with Crippen molar-refractivity contribution in [2.45, 2.75) is 32.6 Å². The molecule has 5 heteroatoms. The third-order valence-corrected chi connectivity index (χ3v) is 4.37. The molecule has 5 nitrogen and oxygen atoms in total. The minimum absolute atomic E-state index is 0.0906. The molecule has 0 radical (unpaired) electrons. The molecule has 0 aliphatic carbocycles. The van der Waals surface area contributed by atoms with Gasteiger partial charge in [-0.25, -0.2) is 4.98 Å². The van der Waals surface area contributed by atoms with Gasteiger partial charge in [0.15, 0.2) is 0 Å². The van der Waals surface area contributed by atoms with Crippen LogP contribution in [0.3, 0.4) is 0 Å². The molecule has 0 bridgehead atoms. The summed E-state index contributed by atoms with van der Waals surface area (Å²) in [6, 6.07) is 12.6. The second kappa shape index (κ2) is 7.92. The quantitative estimate of drug-likeness (QED) is 0.930. The number of benzene rings is 1. The number of carbonyl (C=O) groups excluding carboxylic acids is 2. The molecule has 0 spiro atoms. The lowest BCUT2D eigenvalue weighted by Gasteiger charge is -2.19. The number of aromatic nitrogens is 1. The Morgan fingerprint density at radius 1 is 0.960 bits per heavy atom. The summed E-state index contributed by atoms with van der Waals surface area (Å²) in [6.45, 7) is 3.49. The molecule has 1 aliphatic rings. The topological polar surface area (TPSA) is 62.3 Å². The number of aryl methyl sites for hydroxylation is 1. The van der Waals surface area contributed by atoms with E-state index in [0.29, 0.717) is 5.69 Å². The summed E-state index contributed by atoms with van der Waals surface area (Å²) in [5, 5.41) is 2.83. The largest absolute Gasteiger partial charge is 0.337 e. The van der Waals surface area contributed by atoms with E-state index in [1.54, 1.807) is 18.2 Å². The fourth-order valence-corrected chi connectivity index (χ4v) is 3.03. The monoisotopic (exact) mass is 337 g/mol. The van der Waals surface area contributed by atoms with E-state index in [-0.39, 0.29) is 17.5 Å². The van der Waals surface area contributed by atoms with Crippen molar-refractivity contribution in [1.82, 2.24) is 9.88 Å². The molecule has 1 aliphatic heterocycles. The highest BCUT2D eigenvalue weighted by Crippen LogP contribution is 2.14. The molecule has 130 valence electrons. The van der Waals surface area contributed by atoms with Crippen LogP contribution in [-0.2, 0) is 0 Å². The Morgan fingerprint density at radius 2 is 1.64 bits per heavy atom. The third-order valence-electron chi connectivity index (χ3n) is 4.37. The first-order valence-electron chi connectivity index (χ1n) is 8.78. The number of hydrogen-bond acceptors (Lipinski definition) is 3. The van der Waals surface area contributed by atoms with E-state index in [2.05, 4.69) is 10.3 Å². The summed E-state index contributed by atoms with van der Waals surface area (Å²) in [5.74, 6) is -0.400. The Hall–Kier alpha value is -2.69. The molecule has 25 heavy (non-hydrogen) atoms. The van der Waals surface area contributed by atoms with Crippen molar-refractivity contribution in [3.05, 3.63) is 59.4 Å². The van der Waals surface area contributed by atoms with Gasteiger partial charge in [-0.2, -0.15) is 0 Å². The van der Waals surface area contributed by atoms with Gasteiger partial charge in [0, 0.05) is 18.8 Å². The van der Waals surface area contributed by atoms with Gasteiger partial charge in [-0.3, -0.25) is 9.59 Å². The van der Waals surface area contributed by atoms with Crippen molar-refractivity contribution in [2.24, 2.45) is 0 Å². The van der Waals surface area contributed by atoms with E-state index in [1.165, 1.54) is 0 Å². The molecule has 2 aromatic rings. The van der Waals surface area contributed by atoms with Crippen molar-refractivity contribution in [2.75, 3.05) is 18.4 Å². The molecule has 1 aromatic carbocycles. The molecule has 1 fully saturated rings. The van der Waals surface area contributed by atoms with Gasteiger partial charge in [0.05, 0.1) is 0 Å². The summed E-state index contributed by atoms with van der Waals surface area (Å²) < 4.78 is 0. The first-order chi connectivity index (χ1) is 12.1. The van der Waals surface area contributed by atoms with Gasteiger partial charge in [0.25, 0.3) is 11.8 Å². The minimum Gasteiger partial charge on any atom is -0.337 e. The summed E-state index contributed by atoms with van der Waals surface area (Å²) in [7, 11) is 0. The standard InChI is InChI=1S/C20H23N3O2/c1-15-8-6-9-16(14-15)21-19(24)17-10-7-11-18(22-17)20(25)23-12-4-2-3-5-13-23/h6-11,14H,2-5,12-13H2,1H3,(H,21,24). The molecule has 3 rings (SSSR count). The van der Waals surface area contributed by atoms with Crippen LogP contribution in [0, 0.1) is 6.92 Å². The van der Waals surface area contributed by atoms with Crippen LogP contribution in [0.25, 0.3) is 0 Å². The van der Waals surface area contributed by atoms with E-state index in [1.807, 2.05) is 36.1 Å². The Bertz CT molecular complexity index is 765. The first-order valence-corrected chi connectivity index (χ1v) is 8.78. The smallest absolute Gasteiger partial charge is 0.274 e. The highest BCUT2D eigenvalue weighted by atomic mass is 16.2. The van der Waals surface area contributed by atoms with Crippen LogP contribution in [0.15, 0.2) is 42.5 Å². The molecule has 0 unspecified atom stereocenters. The average molecular weight is 337 g/mol. The number of hydrogen-bond donors (Lipinski definition) is 1. The van der Waals surface area contributed by atoms with Gasteiger partial charge >= 0.3 is 0 Å². The van der Waals surface area contributed by atoms with Crippen molar-refractivity contribution in [3.63, 3.8) is 0 Å². The van der Waals surface area contributed by atoms with Gasteiger partial charge in [0.1, 0.15) is 11.4 Å². The van der Waals surface area contributed by atoms with E-state index in [0.717, 1.165) is 50.0 Å². The fraction of sp³-hybridized carbons (Fsp3) is 0.350. The van der Waals surface area contributed by atoms with Crippen molar-refractivity contribution >= 4 is 17.5 Å².